The summed E-state index contributed by atoms with van der Waals surface area (Å²) in [7, 11) is 0. The maximum absolute atomic E-state index is 4.29. The molecule has 0 rings (SSSR count). The Balaban J connectivity index is 3.01. The lowest BCUT2D eigenvalue weighted by atomic mass is 10.0. The van der Waals surface area contributed by atoms with Gasteiger partial charge in [-0.2, -0.15) is 0 Å². The minimum atomic E-state index is -0.756. The van der Waals surface area contributed by atoms with E-state index in [2.05, 4.69) is 26.6 Å². The molecule has 0 radical (unpaired) electrons. The Morgan fingerprint density at radius 2 is 0.739 bits per heavy atom. The van der Waals surface area contributed by atoms with Crippen LogP contribution in [0.2, 0.25) is 0 Å². The molecule has 0 aromatic rings. The molecule has 0 aliphatic heterocycles. The van der Waals surface area contributed by atoms with Crippen LogP contribution in [0.25, 0.3) is 0 Å². The van der Waals surface area contributed by atoms with Crippen molar-refractivity contribution in [3.63, 3.8) is 0 Å². The monoisotopic (exact) mass is 342 g/mol. The summed E-state index contributed by atoms with van der Waals surface area (Å²) in [4.78, 5) is 0. The third-order valence-electron chi connectivity index (χ3n) is 4.87. The molecule has 0 N–H and O–H groups in total. The second-order valence-electron chi connectivity index (χ2n) is 8.32. The molecule has 0 aliphatic rings. The lowest BCUT2D eigenvalue weighted by Gasteiger charge is -2.11. The van der Waals surface area contributed by atoms with Gasteiger partial charge in [-0.05, 0) is 25.9 Å². The van der Waals surface area contributed by atoms with Gasteiger partial charge in [0.2, 0.25) is 0 Å². The van der Waals surface area contributed by atoms with E-state index in [0.29, 0.717) is 0 Å². The van der Waals surface area contributed by atoms with Crippen LogP contribution in [-0.2, 0) is 0 Å². The molecule has 0 heterocycles. The summed E-state index contributed by atoms with van der Waals surface area (Å²) in [6.45, 7) is 6.26. The van der Waals surface area contributed by atoms with Gasteiger partial charge in [-0.3, -0.25) is 0 Å². The zero-order chi connectivity index (χ0) is 17.2. The molecule has 0 saturated carbocycles. The summed E-state index contributed by atoms with van der Waals surface area (Å²) in [5.74, 6) is 0. The fourth-order valence-corrected chi connectivity index (χ4v) is 4.34. The predicted octanol–water partition coefficient (Wildman–Crippen LogP) is 8.35. The quantitative estimate of drug-likeness (QED) is 0.173. The average molecular weight is 343 g/mol. The highest BCUT2D eigenvalue weighted by Gasteiger charge is 1.99. The summed E-state index contributed by atoms with van der Waals surface area (Å²) in [5.41, 5.74) is 0. The van der Waals surface area contributed by atoms with Crippen LogP contribution in [0.4, 0.5) is 0 Å². The van der Waals surface area contributed by atoms with Crippen molar-refractivity contribution < 1.29 is 0 Å². The first-order valence-corrected chi connectivity index (χ1v) is 13.8. The summed E-state index contributed by atoms with van der Waals surface area (Å²) in [6, 6.07) is 0. The van der Waals surface area contributed by atoms with Gasteiger partial charge in [0.25, 0.3) is 0 Å². The Morgan fingerprint density at radius 3 is 1.00 bits per heavy atom. The van der Waals surface area contributed by atoms with Crippen molar-refractivity contribution in [2.45, 2.75) is 116 Å². The Hall–Kier alpha value is 0.300. The lowest BCUT2D eigenvalue weighted by molar-refractivity contribution is 0.529. The van der Waals surface area contributed by atoms with Gasteiger partial charge in [-0.15, -0.1) is 13.2 Å². The van der Waals surface area contributed by atoms with Gasteiger partial charge in [-0.25, -0.2) is 0 Å². The Labute approximate surface area is 149 Å². The fraction of sp³-hybridized carbons (Fsp3) is 0.955. The molecule has 0 fully saturated rings. The van der Waals surface area contributed by atoms with Crippen molar-refractivity contribution in [2.75, 3.05) is 19.5 Å². The number of hydrogen-bond acceptors (Lipinski definition) is 0. The van der Waals surface area contributed by atoms with E-state index in [1.165, 1.54) is 115 Å². The first kappa shape index (κ1) is 23.3. The van der Waals surface area contributed by atoms with Gasteiger partial charge in [-0.1, -0.05) is 110 Å². The van der Waals surface area contributed by atoms with Gasteiger partial charge in [0.05, 0.1) is 0 Å². The van der Waals surface area contributed by atoms with E-state index in [1.807, 2.05) is 0 Å². The highest BCUT2D eigenvalue weighted by molar-refractivity contribution is 7.72. The second kappa shape index (κ2) is 17.1. The van der Waals surface area contributed by atoms with E-state index in [9.17, 15) is 0 Å². The van der Waals surface area contributed by atoms with Crippen LogP contribution in [0.1, 0.15) is 116 Å². The molecule has 0 aliphatic carbocycles. The van der Waals surface area contributed by atoms with E-state index >= 15 is 0 Å². The van der Waals surface area contributed by atoms with Crippen LogP contribution < -0.4 is 0 Å². The highest BCUT2D eigenvalue weighted by atomic mass is 31.2. The minimum Gasteiger partial charge on any atom is -0.118 e. The predicted molar refractivity (Wildman–Crippen MR) is 115 cm³/mol. The molecule has 0 unspecified atom stereocenters. The van der Waals surface area contributed by atoms with E-state index in [4.69, 9.17) is 0 Å². The van der Waals surface area contributed by atoms with Gasteiger partial charge in [0.15, 0.2) is 0 Å². The molecule has 0 spiro atoms. The maximum atomic E-state index is 4.29. The number of hydrogen-bond donors (Lipinski definition) is 0. The molecular formula is C22H47P. The number of rotatable bonds is 18. The van der Waals surface area contributed by atoms with Gasteiger partial charge < -0.3 is 0 Å². The average Bonchev–Trinajstić information content (AvgIpc) is 2.49. The normalized spacial score (nSPS) is 12.0. The zero-order valence-electron chi connectivity index (χ0n) is 16.9. The van der Waals surface area contributed by atoms with Crippen LogP contribution in [0.3, 0.4) is 0 Å². The summed E-state index contributed by atoms with van der Waals surface area (Å²) in [6.07, 6.45) is 30.5. The van der Waals surface area contributed by atoms with Crippen molar-refractivity contribution >= 4 is 13.2 Å². The van der Waals surface area contributed by atoms with Gasteiger partial charge in [0.1, 0.15) is 0 Å². The van der Waals surface area contributed by atoms with Crippen molar-refractivity contribution in [1.82, 2.24) is 0 Å². The molecular weight excluding hydrogens is 295 g/mol. The van der Waals surface area contributed by atoms with Crippen molar-refractivity contribution in [3.05, 3.63) is 0 Å². The Morgan fingerprint density at radius 1 is 0.478 bits per heavy atom. The van der Waals surface area contributed by atoms with Gasteiger partial charge in [0, 0.05) is 0 Å². The first-order valence-electron chi connectivity index (χ1n) is 10.7. The van der Waals surface area contributed by atoms with Crippen molar-refractivity contribution in [2.24, 2.45) is 0 Å². The number of unbranched alkanes of at least 4 members (excludes halogenated alkanes) is 16. The molecule has 23 heavy (non-hydrogen) atoms. The van der Waals surface area contributed by atoms with E-state index in [0.717, 1.165) is 0 Å². The molecule has 0 nitrogen and oxygen atoms in total. The topological polar surface area (TPSA) is 0 Å². The maximum Gasteiger partial charge on any atom is -0.0337 e. The van der Waals surface area contributed by atoms with Crippen LogP contribution in [0.15, 0.2) is 0 Å². The molecule has 0 bridgehead atoms. The van der Waals surface area contributed by atoms with Crippen LogP contribution in [0.5, 0.6) is 0 Å². The summed E-state index contributed by atoms with van der Waals surface area (Å²) in [5, 5.41) is 0. The Kier molecular flexibility index (Phi) is 17.4. The van der Waals surface area contributed by atoms with Crippen molar-refractivity contribution in [3.8, 4) is 0 Å². The van der Waals surface area contributed by atoms with E-state index in [1.54, 1.807) is 0 Å². The molecule has 1 heteroatoms. The SMILES string of the molecule is C=P(C)(C)CCCCCCCCCCCCCCCCCCC. The third kappa shape index (κ3) is 22.3. The molecule has 140 valence electrons. The smallest absolute Gasteiger partial charge is 0.0337 e. The van der Waals surface area contributed by atoms with Crippen LogP contribution >= 0.6 is 6.89 Å². The first-order chi connectivity index (χ1) is 11.1. The van der Waals surface area contributed by atoms with Crippen molar-refractivity contribution in [1.29, 1.82) is 0 Å². The minimum absolute atomic E-state index is 0.756. The molecule has 0 aromatic heterocycles. The molecule has 0 atom stereocenters. The molecule has 0 aromatic carbocycles. The largest absolute Gasteiger partial charge is 0.118 e. The van der Waals surface area contributed by atoms with Crippen LogP contribution in [0, 0.1) is 0 Å². The zero-order valence-corrected chi connectivity index (χ0v) is 17.8. The highest BCUT2D eigenvalue weighted by Crippen LogP contribution is 2.36. The molecule has 0 amide bonds. The van der Waals surface area contributed by atoms with Gasteiger partial charge >= 0.3 is 0 Å². The standard InChI is InChI=1S/C22H47P/c1-5-6-7-8-9-10-11-12-13-14-15-16-17-18-19-20-21-22-23(2,3)4/h2,5-22H2,1,3-4H3. The third-order valence-corrected chi connectivity index (χ3v) is 6.39. The second-order valence-corrected chi connectivity index (χ2v) is 12.6. The lowest BCUT2D eigenvalue weighted by Crippen LogP contribution is -1.88. The van der Waals surface area contributed by atoms with E-state index in [-0.39, 0.29) is 0 Å². The fourth-order valence-electron chi connectivity index (χ4n) is 3.26. The van der Waals surface area contributed by atoms with Crippen LogP contribution in [-0.4, -0.2) is 25.8 Å². The molecule has 0 saturated heterocycles. The van der Waals surface area contributed by atoms with E-state index < -0.39 is 6.89 Å². The summed E-state index contributed by atoms with van der Waals surface area (Å²) >= 11 is 0. The summed E-state index contributed by atoms with van der Waals surface area (Å²) < 4.78 is 0. The Bertz CT molecular complexity index is 263.